The van der Waals surface area contributed by atoms with E-state index in [0.717, 1.165) is 25.9 Å². The molecule has 1 heterocycles. The minimum absolute atomic E-state index is 0.208. The molecule has 0 saturated heterocycles. The topological polar surface area (TPSA) is 67.6 Å². The van der Waals surface area contributed by atoms with E-state index in [1.165, 1.54) is 18.4 Å². The Hall–Kier alpha value is -2.40. The molecule has 2 aromatic carbocycles. The van der Waals surface area contributed by atoms with E-state index in [1.807, 2.05) is 0 Å². The van der Waals surface area contributed by atoms with Crippen LogP contribution in [0.15, 0.2) is 36.4 Å². The maximum absolute atomic E-state index is 12.4. The van der Waals surface area contributed by atoms with Crippen molar-refractivity contribution in [3.05, 3.63) is 52.5 Å². The van der Waals surface area contributed by atoms with E-state index in [-0.39, 0.29) is 5.91 Å². The number of nitrogen functional groups attached to an aromatic ring is 1. The Morgan fingerprint density at radius 2 is 2.16 bits per heavy atom. The summed E-state index contributed by atoms with van der Waals surface area (Å²) in [7, 11) is 1.50. The summed E-state index contributed by atoms with van der Waals surface area (Å²) in [5.74, 6) is 0.216. The number of hydrogen-bond donors (Lipinski definition) is 2. The van der Waals surface area contributed by atoms with Gasteiger partial charge in [0.1, 0.15) is 5.75 Å². The lowest BCUT2D eigenvalue weighted by molar-refractivity contribution is 0.0950. The number of halogens is 1. The van der Waals surface area contributed by atoms with Gasteiger partial charge in [-0.3, -0.25) is 4.79 Å². The first-order valence-corrected chi connectivity index (χ1v) is 8.72. The third-order valence-corrected chi connectivity index (χ3v) is 4.76. The van der Waals surface area contributed by atoms with Crippen LogP contribution in [0.1, 0.15) is 22.3 Å². The van der Waals surface area contributed by atoms with Gasteiger partial charge in [-0.05, 0) is 30.5 Å². The Morgan fingerprint density at radius 3 is 2.96 bits per heavy atom. The highest BCUT2D eigenvalue weighted by molar-refractivity contribution is 6.33. The standard InChI is InChI=1S/C19H22ClN3O2/c1-25-18-12-16(21)15(20)11-14(18)19(24)22-8-4-9-23-10-7-13-5-2-3-6-17(13)23/h2-3,5-6,11-12H,4,7-10,21H2,1H3,(H,22,24). The zero-order valence-electron chi connectivity index (χ0n) is 14.2. The molecular weight excluding hydrogens is 338 g/mol. The fourth-order valence-corrected chi connectivity index (χ4v) is 3.29. The van der Waals surface area contributed by atoms with Crippen LogP contribution in [0, 0.1) is 0 Å². The lowest BCUT2D eigenvalue weighted by atomic mass is 10.1. The third kappa shape index (κ3) is 3.82. The molecule has 6 heteroatoms. The van der Waals surface area contributed by atoms with Gasteiger partial charge in [0, 0.05) is 31.4 Å². The van der Waals surface area contributed by atoms with Crippen molar-refractivity contribution in [2.45, 2.75) is 12.8 Å². The van der Waals surface area contributed by atoms with Gasteiger partial charge < -0.3 is 20.7 Å². The highest BCUT2D eigenvalue weighted by atomic mass is 35.5. The van der Waals surface area contributed by atoms with E-state index >= 15 is 0 Å². The van der Waals surface area contributed by atoms with E-state index < -0.39 is 0 Å². The lowest BCUT2D eigenvalue weighted by Crippen LogP contribution is -2.29. The molecule has 25 heavy (non-hydrogen) atoms. The molecule has 5 nitrogen and oxygen atoms in total. The second kappa shape index (κ2) is 7.66. The number of carbonyl (C=O) groups excluding carboxylic acids is 1. The predicted octanol–water partition coefficient (Wildman–Crippen LogP) is 3.11. The lowest BCUT2D eigenvalue weighted by Gasteiger charge is -2.19. The normalized spacial score (nSPS) is 12.8. The first-order valence-electron chi connectivity index (χ1n) is 8.34. The van der Waals surface area contributed by atoms with Crippen molar-refractivity contribution in [1.82, 2.24) is 5.32 Å². The van der Waals surface area contributed by atoms with Crippen LogP contribution in [0.25, 0.3) is 0 Å². The molecule has 0 spiro atoms. The largest absolute Gasteiger partial charge is 0.496 e. The molecule has 1 aliphatic heterocycles. The number of nitrogens with two attached hydrogens (primary N) is 1. The zero-order chi connectivity index (χ0) is 17.8. The summed E-state index contributed by atoms with van der Waals surface area (Å²) in [5, 5.41) is 3.27. The Balaban J connectivity index is 1.53. The molecule has 0 aromatic heterocycles. The average molecular weight is 360 g/mol. The highest BCUT2D eigenvalue weighted by Gasteiger charge is 2.18. The van der Waals surface area contributed by atoms with Crippen molar-refractivity contribution in [1.29, 1.82) is 0 Å². The number of carbonyl (C=O) groups is 1. The molecule has 0 bridgehead atoms. The Labute approximate surface area is 152 Å². The molecule has 0 radical (unpaired) electrons. The Kier molecular flexibility index (Phi) is 5.34. The van der Waals surface area contributed by atoms with Gasteiger partial charge in [-0.1, -0.05) is 29.8 Å². The van der Waals surface area contributed by atoms with Gasteiger partial charge in [0.2, 0.25) is 0 Å². The summed E-state index contributed by atoms with van der Waals surface area (Å²) >= 11 is 6.01. The number of rotatable bonds is 6. The number of methoxy groups -OCH3 is 1. The fraction of sp³-hybridized carbons (Fsp3) is 0.316. The van der Waals surface area contributed by atoms with Crippen LogP contribution in [-0.2, 0) is 6.42 Å². The molecule has 1 amide bonds. The number of anilines is 2. The second-order valence-corrected chi connectivity index (χ2v) is 6.46. The predicted molar refractivity (Wildman–Crippen MR) is 102 cm³/mol. The second-order valence-electron chi connectivity index (χ2n) is 6.05. The average Bonchev–Trinajstić information content (AvgIpc) is 3.03. The molecule has 3 rings (SSSR count). The SMILES string of the molecule is COc1cc(N)c(Cl)cc1C(=O)NCCCN1CCc2ccccc21. The number of nitrogens with one attached hydrogen (secondary N) is 1. The molecule has 0 atom stereocenters. The van der Waals surface area contributed by atoms with Gasteiger partial charge in [-0.2, -0.15) is 0 Å². The summed E-state index contributed by atoms with van der Waals surface area (Å²) in [6.45, 7) is 2.54. The summed E-state index contributed by atoms with van der Waals surface area (Å²) in [5.41, 5.74) is 9.24. The van der Waals surface area contributed by atoms with Gasteiger partial charge in [0.25, 0.3) is 5.91 Å². The van der Waals surface area contributed by atoms with Gasteiger partial charge in [0.15, 0.2) is 0 Å². The van der Waals surface area contributed by atoms with Gasteiger partial charge in [-0.25, -0.2) is 0 Å². The van der Waals surface area contributed by atoms with Gasteiger partial charge in [0.05, 0.1) is 23.4 Å². The smallest absolute Gasteiger partial charge is 0.255 e. The number of nitrogens with zero attached hydrogens (tertiary/aromatic N) is 1. The summed E-state index contributed by atoms with van der Waals surface area (Å²) in [4.78, 5) is 14.7. The van der Waals surface area contributed by atoms with Crippen LogP contribution in [0.2, 0.25) is 5.02 Å². The molecule has 0 unspecified atom stereocenters. The number of fused-ring (bicyclic) bond motifs is 1. The third-order valence-electron chi connectivity index (χ3n) is 4.44. The van der Waals surface area contributed by atoms with Crippen molar-refractivity contribution in [3.8, 4) is 5.75 Å². The van der Waals surface area contributed by atoms with Crippen molar-refractivity contribution >= 4 is 28.9 Å². The molecule has 3 N–H and O–H groups in total. The molecule has 0 fully saturated rings. The molecule has 0 saturated carbocycles. The fourth-order valence-electron chi connectivity index (χ4n) is 3.12. The molecule has 2 aromatic rings. The number of hydrogen-bond acceptors (Lipinski definition) is 4. The quantitative estimate of drug-likeness (QED) is 0.614. The zero-order valence-corrected chi connectivity index (χ0v) is 15.0. The molecule has 0 aliphatic carbocycles. The first-order chi connectivity index (χ1) is 12.1. The highest BCUT2D eigenvalue weighted by Crippen LogP contribution is 2.29. The number of para-hydroxylation sites is 1. The van der Waals surface area contributed by atoms with Crippen LogP contribution in [-0.4, -0.2) is 32.7 Å². The maximum Gasteiger partial charge on any atom is 0.255 e. The van der Waals surface area contributed by atoms with Crippen LogP contribution < -0.4 is 20.7 Å². The summed E-state index contributed by atoms with van der Waals surface area (Å²) in [6, 6.07) is 11.6. The first kappa shape index (κ1) is 17.4. The number of ether oxygens (including phenoxy) is 1. The molecule has 132 valence electrons. The van der Waals surface area contributed by atoms with Crippen LogP contribution in [0.4, 0.5) is 11.4 Å². The number of amides is 1. The van der Waals surface area contributed by atoms with Crippen LogP contribution in [0.5, 0.6) is 5.75 Å². The van der Waals surface area contributed by atoms with E-state index in [9.17, 15) is 4.79 Å². The Bertz CT molecular complexity index is 779. The van der Waals surface area contributed by atoms with Crippen LogP contribution >= 0.6 is 11.6 Å². The van der Waals surface area contributed by atoms with Crippen LogP contribution in [0.3, 0.4) is 0 Å². The van der Waals surface area contributed by atoms with Crippen molar-refractivity contribution < 1.29 is 9.53 Å². The molecule has 1 aliphatic rings. The summed E-state index contributed by atoms with van der Waals surface area (Å²) in [6.07, 6.45) is 1.95. The minimum atomic E-state index is -0.208. The van der Waals surface area contributed by atoms with E-state index in [2.05, 4.69) is 34.5 Å². The Morgan fingerprint density at radius 1 is 1.36 bits per heavy atom. The van der Waals surface area contributed by atoms with Gasteiger partial charge in [-0.15, -0.1) is 0 Å². The minimum Gasteiger partial charge on any atom is -0.496 e. The van der Waals surface area contributed by atoms with E-state index in [4.69, 9.17) is 22.1 Å². The van der Waals surface area contributed by atoms with Crippen molar-refractivity contribution in [2.24, 2.45) is 0 Å². The maximum atomic E-state index is 12.4. The van der Waals surface area contributed by atoms with Crippen molar-refractivity contribution in [3.63, 3.8) is 0 Å². The van der Waals surface area contributed by atoms with E-state index in [0.29, 0.717) is 28.6 Å². The van der Waals surface area contributed by atoms with Crippen molar-refractivity contribution in [2.75, 3.05) is 37.4 Å². The van der Waals surface area contributed by atoms with Gasteiger partial charge >= 0.3 is 0 Å². The summed E-state index contributed by atoms with van der Waals surface area (Å²) < 4.78 is 5.22. The monoisotopic (exact) mass is 359 g/mol. The number of benzene rings is 2. The van der Waals surface area contributed by atoms with E-state index in [1.54, 1.807) is 12.1 Å². The molecular formula is C19H22ClN3O2.